The Morgan fingerprint density at radius 2 is 1.70 bits per heavy atom. The molecule has 1 aliphatic rings. The zero-order valence-corrected chi connectivity index (χ0v) is 15.1. The first-order valence-electron chi connectivity index (χ1n) is 8.50. The summed E-state index contributed by atoms with van der Waals surface area (Å²) in [6.45, 7) is 2.19. The van der Waals surface area contributed by atoms with Crippen LogP contribution in [0.15, 0.2) is 0 Å². The summed E-state index contributed by atoms with van der Waals surface area (Å²) < 4.78 is 15.0. The van der Waals surface area contributed by atoms with Crippen molar-refractivity contribution in [2.45, 2.75) is 75.9 Å². The average Bonchev–Trinajstić information content (AvgIpc) is 3.01. The summed E-state index contributed by atoms with van der Waals surface area (Å²) in [5.74, 6) is -1.16. The average molecular weight is 349 g/mol. The number of ether oxygens (including phenoxy) is 3. The minimum Gasteiger partial charge on any atom is -0.467 e. The van der Waals surface area contributed by atoms with Crippen molar-refractivity contribution >= 4 is 23.5 Å². The van der Waals surface area contributed by atoms with E-state index < -0.39 is 24.1 Å². The van der Waals surface area contributed by atoms with E-state index in [1.807, 2.05) is 0 Å². The van der Waals surface area contributed by atoms with Crippen LogP contribution in [0.1, 0.15) is 58.3 Å². The highest BCUT2D eigenvalue weighted by Crippen LogP contribution is 2.35. The Bertz CT molecular complexity index is 374. The van der Waals surface area contributed by atoms with Gasteiger partial charge in [-0.05, 0) is 12.8 Å². The number of carbonyl (C=O) groups excluding carboxylic acids is 2. The molecule has 0 radical (unpaired) electrons. The van der Waals surface area contributed by atoms with Gasteiger partial charge in [-0.3, -0.25) is 0 Å². The van der Waals surface area contributed by atoms with Gasteiger partial charge in [0, 0.05) is 11.3 Å². The molecule has 5 nitrogen and oxygen atoms in total. The standard InChI is InChI=1S/C17H29ClO5/c1-4-5-6-7-8-9-10-13(18)12-11-14(16(19)21-2)23-15(12)17(20)22-3/h12-15H,4-11H2,1-3H3/t12-,13?,14?,15+/m0/s1. The molecule has 2 unspecified atom stereocenters. The highest BCUT2D eigenvalue weighted by atomic mass is 35.5. The molecule has 134 valence electrons. The molecule has 0 aliphatic carbocycles. The first-order chi connectivity index (χ1) is 11.0. The Morgan fingerprint density at radius 3 is 2.30 bits per heavy atom. The Labute approximate surface area is 144 Å². The van der Waals surface area contributed by atoms with Crippen molar-refractivity contribution in [3.63, 3.8) is 0 Å². The number of hydrogen-bond acceptors (Lipinski definition) is 5. The molecule has 23 heavy (non-hydrogen) atoms. The molecule has 4 atom stereocenters. The molecule has 0 spiro atoms. The van der Waals surface area contributed by atoms with E-state index in [4.69, 9.17) is 25.8 Å². The van der Waals surface area contributed by atoms with Crippen molar-refractivity contribution in [1.29, 1.82) is 0 Å². The van der Waals surface area contributed by atoms with Crippen LogP contribution in [-0.4, -0.2) is 43.7 Å². The number of unbranched alkanes of at least 4 members (excludes halogenated alkanes) is 5. The number of methoxy groups -OCH3 is 2. The van der Waals surface area contributed by atoms with Gasteiger partial charge in [0.2, 0.25) is 0 Å². The normalized spacial score (nSPS) is 25.1. The zero-order chi connectivity index (χ0) is 17.2. The number of esters is 2. The second-order valence-corrected chi connectivity index (χ2v) is 6.62. The van der Waals surface area contributed by atoms with Crippen LogP contribution in [0.5, 0.6) is 0 Å². The fraction of sp³-hybridized carbons (Fsp3) is 0.882. The Balaban J connectivity index is 2.49. The molecule has 0 aromatic carbocycles. The van der Waals surface area contributed by atoms with E-state index in [1.54, 1.807) is 0 Å². The molecule has 1 rings (SSSR count). The second-order valence-electron chi connectivity index (χ2n) is 6.06. The summed E-state index contributed by atoms with van der Waals surface area (Å²) in [4.78, 5) is 23.5. The molecule has 6 heteroatoms. The quantitative estimate of drug-likeness (QED) is 0.343. The predicted octanol–water partition coefficient (Wildman–Crippen LogP) is 3.46. The van der Waals surface area contributed by atoms with E-state index in [1.165, 1.54) is 39.9 Å². The van der Waals surface area contributed by atoms with E-state index in [2.05, 4.69) is 6.92 Å². The fourth-order valence-electron chi connectivity index (χ4n) is 3.01. The van der Waals surface area contributed by atoms with Crippen LogP contribution in [0.4, 0.5) is 0 Å². The molecular formula is C17H29ClO5. The van der Waals surface area contributed by atoms with E-state index >= 15 is 0 Å². The van der Waals surface area contributed by atoms with Crippen LogP contribution >= 0.6 is 11.6 Å². The van der Waals surface area contributed by atoms with Crippen molar-refractivity contribution < 1.29 is 23.8 Å². The van der Waals surface area contributed by atoms with E-state index in [9.17, 15) is 9.59 Å². The third-order valence-corrected chi connectivity index (χ3v) is 4.92. The highest BCUT2D eigenvalue weighted by Gasteiger charge is 2.46. The summed E-state index contributed by atoms with van der Waals surface area (Å²) >= 11 is 6.50. The van der Waals surface area contributed by atoms with E-state index in [-0.39, 0.29) is 11.3 Å². The van der Waals surface area contributed by atoms with E-state index in [0.717, 1.165) is 19.3 Å². The number of hydrogen-bond donors (Lipinski definition) is 0. The lowest BCUT2D eigenvalue weighted by atomic mass is 9.92. The lowest BCUT2D eigenvalue weighted by Gasteiger charge is -2.21. The van der Waals surface area contributed by atoms with Gasteiger partial charge in [-0.2, -0.15) is 0 Å². The van der Waals surface area contributed by atoms with Crippen LogP contribution in [0.2, 0.25) is 0 Å². The molecule has 0 aromatic heterocycles. The highest BCUT2D eigenvalue weighted by molar-refractivity contribution is 6.21. The summed E-state index contributed by atoms with van der Waals surface area (Å²) in [6.07, 6.45) is 6.81. The molecule has 1 saturated heterocycles. The van der Waals surface area contributed by atoms with Crippen LogP contribution in [-0.2, 0) is 23.8 Å². The minimum atomic E-state index is -0.785. The monoisotopic (exact) mass is 348 g/mol. The van der Waals surface area contributed by atoms with Gasteiger partial charge in [-0.15, -0.1) is 11.6 Å². The van der Waals surface area contributed by atoms with Crippen molar-refractivity contribution in [3.05, 3.63) is 0 Å². The summed E-state index contributed by atoms with van der Waals surface area (Å²) in [6, 6.07) is 0. The third-order valence-electron chi connectivity index (χ3n) is 4.38. The number of halogens is 1. The molecule has 1 aliphatic heterocycles. The molecule has 1 heterocycles. The molecule has 0 saturated carbocycles. The van der Waals surface area contributed by atoms with E-state index in [0.29, 0.717) is 6.42 Å². The molecule has 1 fully saturated rings. The SMILES string of the molecule is CCCCCCCCC(Cl)[C@@H]1CC(C(=O)OC)O[C@H]1C(=O)OC. The van der Waals surface area contributed by atoms with Crippen LogP contribution in [0, 0.1) is 5.92 Å². The van der Waals surface area contributed by atoms with Crippen molar-refractivity contribution in [2.24, 2.45) is 5.92 Å². The molecule has 0 bridgehead atoms. The molecule has 0 aromatic rings. The lowest BCUT2D eigenvalue weighted by molar-refractivity contribution is -0.162. The van der Waals surface area contributed by atoms with Gasteiger partial charge in [-0.1, -0.05) is 45.4 Å². The lowest BCUT2D eigenvalue weighted by Crippen LogP contribution is -2.33. The van der Waals surface area contributed by atoms with Crippen molar-refractivity contribution in [3.8, 4) is 0 Å². The predicted molar refractivity (Wildman–Crippen MR) is 88.4 cm³/mol. The van der Waals surface area contributed by atoms with Crippen LogP contribution in [0.25, 0.3) is 0 Å². The number of carbonyl (C=O) groups is 2. The minimum absolute atomic E-state index is 0.208. The van der Waals surface area contributed by atoms with Gasteiger partial charge in [0.05, 0.1) is 14.2 Å². The van der Waals surface area contributed by atoms with Crippen molar-refractivity contribution in [1.82, 2.24) is 0 Å². The number of rotatable bonds is 10. The van der Waals surface area contributed by atoms with Gasteiger partial charge in [0.1, 0.15) is 0 Å². The largest absolute Gasteiger partial charge is 0.467 e. The maximum absolute atomic E-state index is 11.9. The Morgan fingerprint density at radius 1 is 1.09 bits per heavy atom. The Kier molecular flexibility index (Phi) is 9.56. The van der Waals surface area contributed by atoms with Gasteiger partial charge in [0.25, 0.3) is 0 Å². The maximum atomic E-state index is 11.9. The van der Waals surface area contributed by atoms with Crippen LogP contribution in [0.3, 0.4) is 0 Å². The van der Waals surface area contributed by atoms with Gasteiger partial charge in [-0.25, -0.2) is 9.59 Å². The summed E-state index contributed by atoms with van der Waals surface area (Å²) in [7, 11) is 2.62. The third kappa shape index (κ3) is 6.30. The Hall–Kier alpha value is -0.810. The van der Waals surface area contributed by atoms with Crippen molar-refractivity contribution in [2.75, 3.05) is 14.2 Å². The van der Waals surface area contributed by atoms with Gasteiger partial charge in [0.15, 0.2) is 12.2 Å². The zero-order valence-electron chi connectivity index (χ0n) is 14.4. The first-order valence-corrected chi connectivity index (χ1v) is 8.93. The van der Waals surface area contributed by atoms with Gasteiger partial charge < -0.3 is 14.2 Å². The fourth-order valence-corrected chi connectivity index (χ4v) is 3.39. The maximum Gasteiger partial charge on any atom is 0.335 e. The number of alkyl halides is 1. The summed E-state index contributed by atoms with van der Waals surface area (Å²) in [5.41, 5.74) is 0. The van der Waals surface area contributed by atoms with Gasteiger partial charge >= 0.3 is 11.9 Å². The second kappa shape index (κ2) is 10.9. The molecule has 0 amide bonds. The first kappa shape index (κ1) is 20.2. The van der Waals surface area contributed by atoms with Crippen LogP contribution < -0.4 is 0 Å². The molecule has 0 N–H and O–H groups in total. The smallest absolute Gasteiger partial charge is 0.335 e. The summed E-state index contributed by atoms with van der Waals surface area (Å²) in [5, 5.41) is -0.208. The molecular weight excluding hydrogens is 320 g/mol. The topological polar surface area (TPSA) is 61.8 Å².